The maximum Gasteiger partial charge on any atom is 0.0239 e. The second-order valence-corrected chi connectivity index (χ2v) is 4.87. The van der Waals surface area contributed by atoms with Crippen LogP contribution in [0.25, 0.3) is 0 Å². The topological polar surface area (TPSA) is 15.3 Å². The van der Waals surface area contributed by atoms with Gasteiger partial charge in [0.1, 0.15) is 0 Å². The van der Waals surface area contributed by atoms with Crippen LogP contribution in [-0.2, 0) is 13.0 Å². The molecule has 1 N–H and O–H groups in total. The molecule has 18 heavy (non-hydrogen) atoms. The van der Waals surface area contributed by atoms with Crippen LogP contribution in [0.15, 0.2) is 36.4 Å². The van der Waals surface area contributed by atoms with Gasteiger partial charge in [0.25, 0.3) is 0 Å². The van der Waals surface area contributed by atoms with E-state index in [2.05, 4.69) is 53.6 Å². The van der Waals surface area contributed by atoms with Crippen LogP contribution in [0.5, 0.6) is 0 Å². The molecule has 0 aliphatic carbocycles. The average molecular weight is 244 g/mol. The highest BCUT2D eigenvalue weighted by Gasteiger charge is 2.09. The van der Waals surface area contributed by atoms with E-state index in [9.17, 15) is 0 Å². The average Bonchev–Trinajstić information content (AvgIpc) is 2.42. The van der Waals surface area contributed by atoms with E-state index in [0.717, 1.165) is 32.6 Å². The molecule has 2 rings (SSSR count). The Morgan fingerprint density at radius 1 is 1.17 bits per heavy atom. The summed E-state index contributed by atoms with van der Waals surface area (Å²) in [7, 11) is 0. The van der Waals surface area contributed by atoms with E-state index >= 15 is 0 Å². The van der Waals surface area contributed by atoms with Crippen molar-refractivity contribution in [1.82, 2.24) is 10.2 Å². The lowest BCUT2D eigenvalue weighted by molar-refractivity contribution is 0.290. The minimum Gasteiger partial charge on any atom is -0.317 e. The van der Waals surface area contributed by atoms with Crippen LogP contribution < -0.4 is 5.32 Å². The molecule has 1 aliphatic heterocycles. The lowest BCUT2D eigenvalue weighted by Crippen LogP contribution is -2.27. The van der Waals surface area contributed by atoms with E-state index in [4.69, 9.17) is 0 Å². The molecule has 2 heteroatoms. The first-order chi connectivity index (χ1) is 8.90. The Hall–Kier alpha value is -1.12. The molecule has 0 fully saturated rings. The van der Waals surface area contributed by atoms with Crippen molar-refractivity contribution >= 4 is 0 Å². The van der Waals surface area contributed by atoms with Gasteiger partial charge < -0.3 is 5.32 Å². The molecule has 98 valence electrons. The Labute approximate surface area is 111 Å². The minimum absolute atomic E-state index is 1.05. The number of nitrogens with zero attached hydrogens (tertiary/aromatic N) is 1. The second kappa shape index (κ2) is 7.34. The van der Waals surface area contributed by atoms with E-state index < -0.39 is 0 Å². The lowest BCUT2D eigenvalue weighted by atomic mass is 10.0. The molecular weight excluding hydrogens is 220 g/mol. The largest absolute Gasteiger partial charge is 0.317 e. The predicted octanol–water partition coefficient (Wildman–Crippen LogP) is 2.60. The van der Waals surface area contributed by atoms with Gasteiger partial charge in [0.2, 0.25) is 0 Å². The van der Waals surface area contributed by atoms with Gasteiger partial charge in [-0.1, -0.05) is 43.3 Å². The maximum absolute atomic E-state index is 3.40. The molecule has 0 spiro atoms. The molecule has 0 aromatic heterocycles. The fourth-order valence-electron chi connectivity index (χ4n) is 2.43. The zero-order chi connectivity index (χ0) is 12.6. The first-order valence-corrected chi connectivity index (χ1v) is 7.05. The van der Waals surface area contributed by atoms with Gasteiger partial charge in [-0.25, -0.2) is 0 Å². The van der Waals surface area contributed by atoms with E-state index in [-0.39, 0.29) is 0 Å². The molecule has 0 amide bonds. The van der Waals surface area contributed by atoms with E-state index in [1.54, 1.807) is 0 Å². The third kappa shape index (κ3) is 3.97. The molecule has 0 saturated heterocycles. The smallest absolute Gasteiger partial charge is 0.0239 e. The predicted molar refractivity (Wildman–Crippen MR) is 77.7 cm³/mol. The van der Waals surface area contributed by atoms with Crippen LogP contribution in [0.4, 0.5) is 0 Å². The molecule has 1 aromatic carbocycles. The highest BCUT2D eigenvalue weighted by molar-refractivity contribution is 5.27. The number of rotatable bonds is 6. The standard InChI is InChI=1S/C16H24N2/c1-2-17-11-10-15-8-4-5-9-16(15)14-18-12-6-3-7-13-18/h3-6,8-9,17H,2,7,10-14H2,1H3. The number of likely N-dealkylation sites (N-methyl/N-ethyl adjacent to an activating group) is 1. The monoisotopic (exact) mass is 244 g/mol. The molecule has 0 saturated carbocycles. The molecule has 0 bridgehead atoms. The molecule has 0 unspecified atom stereocenters. The van der Waals surface area contributed by atoms with Crippen molar-refractivity contribution in [1.29, 1.82) is 0 Å². The molecule has 0 radical (unpaired) electrons. The number of hydrogen-bond acceptors (Lipinski definition) is 2. The summed E-state index contributed by atoms with van der Waals surface area (Å²) in [5.74, 6) is 0. The van der Waals surface area contributed by atoms with Crippen molar-refractivity contribution in [2.24, 2.45) is 0 Å². The van der Waals surface area contributed by atoms with Gasteiger partial charge in [-0.05, 0) is 37.1 Å². The summed E-state index contributed by atoms with van der Waals surface area (Å²) in [6.07, 6.45) is 6.89. The van der Waals surface area contributed by atoms with Gasteiger partial charge >= 0.3 is 0 Å². The van der Waals surface area contributed by atoms with E-state index in [1.165, 1.54) is 24.1 Å². The quantitative estimate of drug-likeness (QED) is 0.611. The van der Waals surface area contributed by atoms with Crippen molar-refractivity contribution in [2.45, 2.75) is 26.3 Å². The van der Waals surface area contributed by atoms with Crippen LogP contribution in [0.1, 0.15) is 24.5 Å². The first kappa shape index (κ1) is 13.3. The van der Waals surface area contributed by atoms with Gasteiger partial charge in [-0.3, -0.25) is 4.90 Å². The minimum atomic E-state index is 1.05. The SMILES string of the molecule is CCNCCc1ccccc1CN1CC=CCC1. The van der Waals surface area contributed by atoms with Crippen molar-refractivity contribution in [3.8, 4) is 0 Å². The zero-order valence-corrected chi connectivity index (χ0v) is 11.4. The Bertz CT molecular complexity index is 384. The fraction of sp³-hybridized carbons (Fsp3) is 0.500. The molecule has 1 heterocycles. The number of benzene rings is 1. The van der Waals surface area contributed by atoms with Crippen molar-refractivity contribution < 1.29 is 0 Å². The summed E-state index contributed by atoms with van der Waals surface area (Å²) in [6, 6.07) is 8.86. The Kier molecular flexibility index (Phi) is 5.43. The zero-order valence-electron chi connectivity index (χ0n) is 11.4. The van der Waals surface area contributed by atoms with Crippen molar-refractivity contribution in [2.75, 3.05) is 26.2 Å². The van der Waals surface area contributed by atoms with Crippen LogP contribution in [0.3, 0.4) is 0 Å². The Morgan fingerprint density at radius 2 is 2.00 bits per heavy atom. The van der Waals surface area contributed by atoms with Gasteiger partial charge in [0.05, 0.1) is 0 Å². The molecule has 2 nitrogen and oxygen atoms in total. The third-order valence-electron chi connectivity index (χ3n) is 3.48. The van der Waals surface area contributed by atoms with Crippen molar-refractivity contribution in [3.05, 3.63) is 47.5 Å². The highest BCUT2D eigenvalue weighted by Crippen LogP contribution is 2.14. The van der Waals surface area contributed by atoms with Gasteiger partial charge in [-0.15, -0.1) is 0 Å². The van der Waals surface area contributed by atoms with E-state index in [0.29, 0.717) is 0 Å². The fourth-order valence-corrected chi connectivity index (χ4v) is 2.43. The highest BCUT2D eigenvalue weighted by atomic mass is 15.1. The Balaban J connectivity index is 1.95. The number of nitrogens with one attached hydrogen (secondary N) is 1. The molecular formula is C16H24N2. The second-order valence-electron chi connectivity index (χ2n) is 4.87. The summed E-state index contributed by atoms with van der Waals surface area (Å²) in [4.78, 5) is 2.52. The van der Waals surface area contributed by atoms with Crippen LogP contribution in [-0.4, -0.2) is 31.1 Å². The normalized spacial score (nSPS) is 16.1. The first-order valence-electron chi connectivity index (χ1n) is 7.05. The summed E-state index contributed by atoms with van der Waals surface area (Å²) in [5, 5.41) is 3.40. The third-order valence-corrected chi connectivity index (χ3v) is 3.48. The number of hydrogen-bond donors (Lipinski definition) is 1. The molecule has 1 aromatic rings. The molecule has 1 aliphatic rings. The summed E-state index contributed by atoms with van der Waals surface area (Å²) < 4.78 is 0. The van der Waals surface area contributed by atoms with Gasteiger partial charge in [0.15, 0.2) is 0 Å². The maximum atomic E-state index is 3.40. The summed E-state index contributed by atoms with van der Waals surface area (Å²) in [6.45, 7) is 7.67. The Morgan fingerprint density at radius 3 is 2.72 bits per heavy atom. The van der Waals surface area contributed by atoms with E-state index in [1.807, 2.05) is 0 Å². The van der Waals surface area contributed by atoms with Crippen molar-refractivity contribution in [3.63, 3.8) is 0 Å². The summed E-state index contributed by atoms with van der Waals surface area (Å²) in [5.41, 5.74) is 2.98. The molecule has 0 atom stereocenters. The van der Waals surface area contributed by atoms with Crippen LogP contribution >= 0.6 is 0 Å². The lowest BCUT2D eigenvalue weighted by Gasteiger charge is -2.24. The van der Waals surface area contributed by atoms with Crippen LogP contribution in [0.2, 0.25) is 0 Å². The summed E-state index contributed by atoms with van der Waals surface area (Å²) >= 11 is 0. The van der Waals surface area contributed by atoms with Crippen LogP contribution in [0, 0.1) is 0 Å². The van der Waals surface area contributed by atoms with Gasteiger partial charge in [0, 0.05) is 19.6 Å². The van der Waals surface area contributed by atoms with Gasteiger partial charge in [-0.2, -0.15) is 0 Å².